The largest absolute Gasteiger partial charge is 0.472 e. The molecule has 0 amide bonds. The number of ether oxygens (including phenoxy) is 2. The lowest BCUT2D eigenvalue weighted by Crippen LogP contribution is -2.29. The maximum atomic E-state index is 12.6. The first-order chi connectivity index (χ1) is 28.3. The van der Waals surface area contributed by atoms with Crippen molar-refractivity contribution in [3.63, 3.8) is 0 Å². The highest BCUT2D eigenvalue weighted by Crippen LogP contribution is 2.43. The molecule has 0 fully saturated rings. The van der Waals surface area contributed by atoms with E-state index in [-0.39, 0.29) is 32.6 Å². The van der Waals surface area contributed by atoms with E-state index in [4.69, 9.17) is 24.3 Å². The molecule has 9 nitrogen and oxygen atoms in total. The van der Waals surface area contributed by atoms with Crippen LogP contribution in [0.2, 0.25) is 0 Å². The van der Waals surface area contributed by atoms with Crippen LogP contribution in [-0.4, -0.2) is 49.3 Å². The predicted octanol–water partition coefficient (Wildman–Crippen LogP) is 13.7. The third kappa shape index (κ3) is 43.3. The summed E-state index contributed by atoms with van der Waals surface area (Å²) in [5, 5.41) is 0. The van der Waals surface area contributed by atoms with Crippen molar-refractivity contribution < 1.29 is 37.6 Å². The van der Waals surface area contributed by atoms with Gasteiger partial charge in [-0.25, -0.2) is 4.57 Å². The Morgan fingerprint density at radius 1 is 0.534 bits per heavy atom. The van der Waals surface area contributed by atoms with Gasteiger partial charge in [0, 0.05) is 19.4 Å². The summed E-state index contributed by atoms with van der Waals surface area (Å²) in [4.78, 5) is 34.9. The van der Waals surface area contributed by atoms with Gasteiger partial charge in [-0.1, -0.05) is 171 Å². The molecule has 0 saturated heterocycles. The van der Waals surface area contributed by atoms with Crippen LogP contribution >= 0.6 is 7.82 Å². The molecule has 0 saturated carbocycles. The molecule has 0 aromatic rings. The van der Waals surface area contributed by atoms with E-state index >= 15 is 0 Å². The van der Waals surface area contributed by atoms with Gasteiger partial charge in [0.2, 0.25) is 0 Å². The summed E-state index contributed by atoms with van der Waals surface area (Å²) in [5.74, 6) is -0.844. The van der Waals surface area contributed by atoms with Crippen LogP contribution in [0.25, 0.3) is 0 Å². The van der Waals surface area contributed by atoms with E-state index in [2.05, 4.69) is 74.6 Å². The second kappa shape index (κ2) is 44.3. The first-order valence-electron chi connectivity index (χ1n) is 23.3. The molecule has 0 aromatic carbocycles. The Labute approximate surface area is 355 Å². The van der Waals surface area contributed by atoms with Crippen molar-refractivity contribution in [2.45, 2.75) is 206 Å². The van der Waals surface area contributed by atoms with Gasteiger partial charge >= 0.3 is 19.8 Å². The Morgan fingerprint density at radius 2 is 0.948 bits per heavy atom. The molecule has 0 aliphatic heterocycles. The highest BCUT2D eigenvalue weighted by molar-refractivity contribution is 7.47. The molecule has 0 heterocycles. The molecule has 0 aromatic heterocycles. The van der Waals surface area contributed by atoms with Crippen LogP contribution in [0.1, 0.15) is 200 Å². The van der Waals surface area contributed by atoms with E-state index in [1.54, 1.807) is 0 Å². The quantitative estimate of drug-likeness (QED) is 0.0266. The summed E-state index contributed by atoms with van der Waals surface area (Å²) in [6.07, 6.45) is 52.5. The highest BCUT2D eigenvalue weighted by Gasteiger charge is 2.26. The summed E-state index contributed by atoms with van der Waals surface area (Å²) in [5.41, 5.74) is 5.35. The molecule has 3 N–H and O–H groups in total. The van der Waals surface area contributed by atoms with Gasteiger partial charge in [-0.3, -0.25) is 18.6 Å². The molecule has 2 unspecified atom stereocenters. The molecule has 10 heteroatoms. The molecule has 336 valence electrons. The van der Waals surface area contributed by atoms with Crippen LogP contribution in [0.15, 0.2) is 60.8 Å². The Hall–Kier alpha value is -2.29. The fourth-order valence-electron chi connectivity index (χ4n) is 6.21. The lowest BCUT2D eigenvalue weighted by atomic mass is 10.0. The number of rotatable bonds is 43. The Morgan fingerprint density at radius 3 is 1.43 bits per heavy atom. The van der Waals surface area contributed by atoms with E-state index < -0.39 is 32.5 Å². The highest BCUT2D eigenvalue weighted by atomic mass is 31.2. The molecule has 0 rings (SSSR count). The third-order valence-electron chi connectivity index (χ3n) is 9.64. The van der Waals surface area contributed by atoms with Gasteiger partial charge in [-0.2, -0.15) is 0 Å². The van der Waals surface area contributed by atoms with Gasteiger partial charge in [0.15, 0.2) is 6.10 Å². The van der Waals surface area contributed by atoms with Crippen molar-refractivity contribution in [3.05, 3.63) is 60.8 Å². The normalized spacial score (nSPS) is 13.8. The molecule has 0 aliphatic carbocycles. The van der Waals surface area contributed by atoms with Gasteiger partial charge in [-0.05, 0) is 77.0 Å². The van der Waals surface area contributed by atoms with Crippen LogP contribution in [0, 0.1) is 0 Å². The van der Waals surface area contributed by atoms with E-state index in [0.717, 1.165) is 89.9 Å². The van der Waals surface area contributed by atoms with Gasteiger partial charge in [-0.15, -0.1) is 0 Å². The number of hydrogen-bond acceptors (Lipinski definition) is 8. The third-order valence-corrected chi connectivity index (χ3v) is 10.6. The van der Waals surface area contributed by atoms with Gasteiger partial charge < -0.3 is 20.1 Å². The van der Waals surface area contributed by atoms with Gasteiger partial charge in [0.25, 0.3) is 0 Å². The first kappa shape index (κ1) is 55.7. The van der Waals surface area contributed by atoms with Crippen LogP contribution in [0.4, 0.5) is 0 Å². The topological polar surface area (TPSA) is 134 Å². The van der Waals surface area contributed by atoms with Crippen molar-refractivity contribution >= 4 is 19.8 Å². The Balaban J connectivity index is 4.10. The molecular formula is C48H86NO8P. The molecule has 0 radical (unpaired) electrons. The number of nitrogens with two attached hydrogens (primary N) is 1. The number of carbonyl (C=O) groups is 2. The summed E-state index contributed by atoms with van der Waals surface area (Å²) in [7, 11) is -4.38. The summed E-state index contributed by atoms with van der Waals surface area (Å²) >= 11 is 0. The fraction of sp³-hybridized carbons (Fsp3) is 0.750. The van der Waals surface area contributed by atoms with Crippen molar-refractivity contribution in [1.82, 2.24) is 0 Å². The summed E-state index contributed by atoms with van der Waals surface area (Å²) in [6.45, 7) is 3.60. The van der Waals surface area contributed by atoms with Crippen LogP contribution in [-0.2, 0) is 32.7 Å². The summed E-state index contributed by atoms with van der Waals surface area (Å²) < 4.78 is 32.8. The van der Waals surface area contributed by atoms with E-state index in [1.165, 1.54) is 77.0 Å². The molecule has 0 aliphatic rings. The number of phosphoric acid groups is 1. The lowest BCUT2D eigenvalue weighted by molar-refractivity contribution is -0.161. The average molecular weight is 836 g/mol. The van der Waals surface area contributed by atoms with Gasteiger partial charge in [0.1, 0.15) is 6.61 Å². The number of esters is 2. The van der Waals surface area contributed by atoms with Crippen LogP contribution in [0.3, 0.4) is 0 Å². The molecular weight excluding hydrogens is 750 g/mol. The van der Waals surface area contributed by atoms with Crippen molar-refractivity contribution in [2.24, 2.45) is 5.73 Å². The molecule has 58 heavy (non-hydrogen) atoms. The number of carbonyl (C=O) groups excluding carboxylic acids is 2. The number of unbranched alkanes of at least 4 members (excludes halogenated alkanes) is 20. The minimum Gasteiger partial charge on any atom is -0.462 e. The standard InChI is InChI=1S/C48H86NO8P/c1-3-5-7-9-11-13-15-17-19-20-21-22-23-24-25-26-27-29-31-33-35-37-39-41-48(51)57-46(45-56-58(52,53)55-43-42-49)44-54-47(50)40-38-36-34-32-30-28-18-16-14-12-10-8-6-4-2/h5,7,11,13,16-19,21-22,46H,3-4,6,8-10,12,14-15,20,23-45,49H2,1-2H3,(H,52,53)/b7-5-,13-11-,18-16-,19-17-,22-21-. The zero-order valence-corrected chi connectivity index (χ0v) is 37.9. The molecule has 2 atom stereocenters. The minimum atomic E-state index is -4.38. The maximum absolute atomic E-state index is 12.6. The average Bonchev–Trinajstić information content (AvgIpc) is 3.21. The van der Waals surface area contributed by atoms with Crippen molar-refractivity contribution in [1.29, 1.82) is 0 Å². The number of allylic oxidation sites excluding steroid dienone is 10. The summed E-state index contributed by atoms with van der Waals surface area (Å²) in [6, 6.07) is 0. The Bertz CT molecular complexity index is 1130. The smallest absolute Gasteiger partial charge is 0.462 e. The number of phosphoric ester groups is 1. The minimum absolute atomic E-state index is 0.0496. The maximum Gasteiger partial charge on any atom is 0.472 e. The van der Waals surface area contributed by atoms with E-state index in [0.29, 0.717) is 6.42 Å². The predicted molar refractivity (Wildman–Crippen MR) is 243 cm³/mol. The lowest BCUT2D eigenvalue weighted by Gasteiger charge is -2.19. The van der Waals surface area contributed by atoms with E-state index in [1.807, 2.05) is 0 Å². The number of hydrogen-bond donors (Lipinski definition) is 2. The molecule has 0 bridgehead atoms. The fourth-order valence-corrected chi connectivity index (χ4v) is 6.97. The van der Waals surface area contributed by atoms with Crippen LogP contribution in [0.5, 0.6) is 0 Å². The molecule has 0 spiro atoms. The van der Waals surface area contributed by atoms with Crippen molar-refractivity contribution in [2.75, 3.05) is 26.4 Å². The van der Waals surface area contributed by atoms with Gasteiger partial charge in [0.05, 0.1) is 13.2 Å². The van der Waals surface area contributed by atoms with E-state index in [9.17, 15) is 19.0 Å². The zero-order valence-electron chi connectivity index (χ0n) is 37.0. The second-order valence-electron chi connectivity index (χ2n) is 15.2. The first-order valence-corrected chi connectivity index (χ1v) is 24.8. The SMILES string of the molecule is CC/C=C\C/C=C\C/C=C\C/C=C\CCCCCCCCCCCCC(=O)OC(COC(=O)CCCCCCC/C=C\CCCCCCC)COP(=O)(O)OCCN. The van der Waals surface area contributed by atoms with Crippen LogP contribution < -0.4 is 5.73 Å². The second-order valence-corrected chi connectivity index (χ2v) is 16.7. The monoisotopic (exact) mass is 836 g/mol. The zero-order chi connectivity index (χ0) is 42.5. The van der Waals surface area contributed by atoms with Crippen molar-refractivity contribution in [3.8, 4) is 0 Å². The Kier molecular flexibility index (Phi) is 42.5.